The second-order valence-electron chi connectivity index (χ2n) is 10.7. The van der Waals surface area contributed by atoms with Gasteiger partial charge in [-0.2, -0.15) is 9.61 Å². The molecule has 11 nitrogen and oxygen atoms in total. The third-order valence-electron chi connectivity index (χ3n) is 7.28. The van der Waals surface area contributed by atoms with Crippen LogP contribution < -0.4 is 20.7 Å². The van der Waals surface area contributed by atoms with E-state index in [0.717, 1.165) is 17.8 Å². The molecule has 4 aromatic rings. The van der Waals surface area contributed by atoms with Crippen molar-refractivity contribution in [1.29, 1.82) is 0 Å². The molecule has 0 radical (unpaired) electrons. The van der Waals surface area contributed by atoms with E-state index in [1.807, 2.05) is 13.0 Å². The minimum Gasteiger partial charge on any atom is -0.491 e. The molecule has 1 aliphatic rings. The Morgan fingerprint density at radius 2 is 1.90 bits per heavy atom. The Morgan fingerprint density at radius 1 is 1.17 bits per heavy atom. The predicted molar refractivity (Wildman–Crippen MR) is 155 cm³/mol. The molecule has 222 valence electrons. The third-order valence-corrected chi connectivity index (χ3v) is 7.28. The quantitative estimate of drug-likeness (QED) is 0.326. The lowest BCUT2D eigenvalue weighted by Crippen LogP contribution is -2.62. The normalized spacial score (nSPS) is 18.8. The van der Waals surface area contributed by atoms with Gasteiger partial charge < -0.3 is 30.3 Å². The lowest BCUT2D eigenvalue weighted by Gasteiger charge is -2.45. The molecule has 1 amide bonds. The Morgan fingerprint density at radius 3 is 2.57 bits per heavy atom. The van der Waals surface area contributed by atoms with Gasteiger partial charge in [-0.3, -0.25) is 4.98 Å². The number of ether oxygens (including phenoxy) is 2. The molecule has 0 bridgehead atoms. The van der Waals surface area contributed by atoms with E-state index in [2.05, 4.69) is 25.3 Å². The SMILES string of the molecule is COC(=O)N(C)C1C(C)CN(c2ccncc2Nc2ncc3ccc(-c4c(F)cc(OC(C)C)cc4F)nn23)CC1N. The summed E-state index contributed by atoms with van der Waals surface area (Å²) in [6.45, 7) is 6.70. The number of aromatic nitrogens is 4. The van der Waals surface area contributed by atoms with Crippen LogP contribution in [0.2, 0.25) is 0 Å². The Kier molecular flexibility index (Phi) is 8.12. The van der Waals surface area contributed by atoms with Crippen LogP contribution in [0.3, 0.4) is 0 Å². The monoisotopic (exact) mass is 580 g/mol. The fraction of sp³-hybridized carbons (Fsp3) is 0.379. The number of benzene rings is 1. The van der Waals surface area contributed by atoms with E-state index in [4.69, 9.17) is 15.2 Å². The van der Waals surface area contributed by atoms with Gasteiger partial charge in [0, 0.05) is 44.5 Å². The second kappa shape index (κ2) is 11.8. The summed E-state index contributed by atoms with van der Waals surface area (Å²) >= 11 is 0. The molecule has 5 rings (SSSR count). The average Bonchev–Trinajstić information content (AvgIpc) is 3.33. The molecule has 3 unspecified atom stereocenters. The molecule has 3 aromatic heterocycles. The van der Waals surface area contributed by atoms with E-state index in [0.29, 0.717) is 30.2 Å². The van der Waals surface area contributed by atoms with Gasteiger partial charge in [-0.25, -0.2) is 18.6 Å². The molecule has 0 saturated carbocycles. The molecule has 13 heteroatoms. The summed E-state index contributed by atoms with van der Waals surface area (Å²) < 4.78 is 41.9. The van der Waals surface area contributed by atoms with Crippen molar-refractivity contribution >= 4 is 28.9 Å². The summed E-state index contributed by atoms with van der Waals surface area (Å²) in [6, 6.07) is 6.86. The summed E-state index contributed by atoms with van der Waals surface area (Å²) in [5.74, 6) is -1.09. The van der Waals surface area contributed by atoms with Crippen molar-refractivity contribution in [3.05, 3.63) is 60.6 Å². The van der Waals surface area contributed by atoms with Crippen LogP contribution in [0.15, 0.2) is 48.9 Å². The van der Waals surface area contributed by atoms with Gasteiger partial charge in [0.05, 0.1) is 59.8 Å². The van der Waals surface area contributed by atoms with Gasteiger partial charge in [-0.05, 0) is 38.0 Å². The number of piperidine rings is 1. The van der Waals surface area contributed by atoms with Crippen molar-refractivity contribution in [2.24, 2.45) is 11.7 Å². The highest BCUT2D eigenvalue weighted by atomic mass is 19.1. The van der Waals surface area contributed by atoms with Crippen LogP contribution in [0, 0.1) is 17.6 Å². The van der Waals surface area contributed by atoms with Gasteiger partial charge in [0.1, 0.15) is 17.4 Å². The molecule has 3 N–H and O–H groups in total. The number of carbonyl (C=O) groups excluding carboxylic acids is 1. The van der Waals surface area contributed by atoms with Crippen LogP contribution >= 0.6 is 0 Å². The molecule has 1 aromatic carbocycles. The number of pyridine rings is 1. The number of fused-ring (bicyclic) bond motifs is 1. The highest BCUT2D eigenvalue weighted by Crippen LogP contribution is 2.33. The van der Waals surface area contributed by atoms with E-state index < -0.39 is 17.7 Å². The number of nitrogens with one attached hydrogen (secondary N) is 1. The molecule has 0 aliphatic carbocycles. The number of rotatable bonds is 7. The highest BCUT2D eigenvalue weighted by molar-refractivity contribution is 5.74. The number of likely N-dealkylation sites (N-methyl/N-ethyl adjacent to an activating group) is 1. The van der Waals surface area contributed by atoms with Crippen molar-refractivity contribution in [2.75, 3.05) is 37.5 Å². The van der Waals surface area contributed by atoms with Gasteiger partial charge in [0.25, 0.3) is 0 Å². The van der Waals surface area contributed by atoms with Gasteiger partial charge in [0.15, 0.2) is 0 Å². The molecule has 1 aliphatic heterocycles. The predicted octanol–water partition coefficient (Wildman–Crippen LogP) is 4.45. The number of hydrogen-bond acceptors (Lipinski definition) is 9. The molecule has 3 atom stereocenters. The first-order valence-corrected chi connectivity index (χ1v) is 13.6. The van der Waals surface area contributed by atoms with E-state index in [-0.39, 0.29) is 41.1 Å². The van der Waals surface area contributed by atoms with E-state index in [1.54, 1.807) is 56.5 Å². The number of anilines is 3. The van der Waals surface area contributed by atoms with Crippen molar-refractivity contribution in [2.45, 2.75) is 39.0 Å². The lowest BCUT2D eigenvalue weighted by atomic mass is 9.89. The number of nitrogens with two attached hydrogens (primary N) is 1. The number of amides is 1. The summed E-state index contributed by atoms with van der Waals surface area (Å²) in [5.41, 5.74) is 8.48. The van der Waals surface area contributed by atoms with Gasteiger partial charge in [-0.15, -0.1) is 0 Å². The lowest BCUT2D eigenvalue weighted by molar-refractivity contribution is 0.0906. The highest BCUT2D eigenvalue weighted by Gasteiger charge is 2.38. The molecule has 1 saturated heterocycles. The minimum absolute atomic E-state index is 0.0393. The van der Waals surface area contributed by atoms with Crippen LogP contribution in [0.5, 0.6) is 5.75 Å². The Hall–Kier alpha value is -4.52. The summed E-state index contributed by atoms with van der Waals surface area (Å²) in [7, 11) is 3.04. The van der Waals surface area contributed by atoms with E-state index in [1.165, 1.54) is 11.6 Å². The Balaban J connectivity index is 1.43. The first-order chi connectivity index (χ1) is 20.1. The van der Waals surface area contributed by atoms with Crippen LogP contribution in [0.4, 0.5) is 30.9 Å². The van der Waals surface area contributed by atoms with Crippen molar-refractivity contribution in [1.82, 2.24) is 24.5 Å². The fourth-order valence-corrected chi connectivity index (χ4v) is 5.56. The summed E-state index contributed by atoms with van der Waals surface area (Å²) in [5, 5.41) is 7.78. The zero-order valence-corrected chi connectivity index (χ0v) is 24.1. The molecular formula is C29H34F2N8O3. The summed E-state index contributed by atoms with van der Waals surface area (Å²) in [4.78, 5) is 24.6. The first-order valence-electron chi connectivity index (χ1n) is 13.6. The fourth-order valence-electron chi connectivity index (χ4n) is 5.56. The number of hydrogen-bond donors (Lipinski definition) is 2. The maximum Gasteiger partial charge on any atom is 0.409 e. The maximum absolute atomic E-state index is 15.0. The maximum atomic E-state index is 15.0. The van der Waals surface area contributed by atoms with Gasteiger partial charge in [-0.1, -0.05) is 6.92 Å². The zero-order valence-electron chi connectivity index (χ0n) is 24.1. The number of nitrogens with zero attached hydrogens (tertiary/aromatic N) is 6. The number of halogens is 2. The van der Waals surface area contributed by atoms with E-state index in [9.17, 15) is 4.79 Å². The topological polar surface area (TPSA) is 123 Å². The Labute approximate surface area is 242 Å². The van der Waals surface area contributed by atoms with Crippen molar-refractivity contribution in [3.8, 4) is 17.0 Å². The number of methoxy groups -OCH3 is 1. The first kappa shape index (κ1) is 29.0. The third kappa shape index (κ3) is 5.64. The minimum atomic E-state index is -0.784. The van der Waals surface area contributed by atoms with Gasteiger partial charge in [0.2, 0.25) is 5.95 Å². The summed E-state index contributed by atoms with van der Waals surface area (Å²) in [6.07, 6.45) is 4.29. The molecule has 4 heterocycles. The smallest absolute Gasteiger partial charge is 0.409 e. The standard InChI is InChI=1S/C29H34F2N8O3/c1-16(2)42-19-10-20(30)26(21(31)11-19)23-7-6-18-12-34-28(39(18)36-23)35-24-13-33-9-8-25(24)38-14-17(3)27(22(32)15-38)37(4)29(40)41-5/h6-13,16-17,22,27H,14-15,32H2,1-5H3,(H,34,35). The van der Waals surface area contributed by atoms with Crippen molar-refractivity contribution < 1.29 is 23.0 Å². The van der Waals surface area contributed by atoms with Crippen LogP contribution in [-0.4, -0.2) is 76.0 Å². The zero-order chi connectivity index (χ0) is 30.1. The van der Waals surface area contributed by atoms with Crippen LogP contribution in [0.1, 0.15) is 20.8 Å². The van der Waals surface area contributed by atoms with Crippen LogP contribution in [-0.2, 0) is 4.74 Å². The number of carbonyl (C=O) groups is 1. The molecular weight excluding hydrogens is 546 g/mol. The number of imidazole rings is 1. The average molecular weight is 581 g/mol. The molecule has 1 fully saturated rings. The molecule has 0 spiro atoms. The molecule has 42 heavy (non-hydrogen) atoms. The second-order valence-corrected chi connectivity index (χ2v) is 10.7. The van der Waals surface area contributed by atoms with E-state index >= 15 is 8.78 Å². The van der Waals surface area contributed by atoms with Crippen LogP contribution in [0.25, 0.3) is 16.8 Å². The van der Waals surface area contributed by atoms with Crippen molar-refractivity contribution in [3.63, 3.8) is 0 Å². The Bertz CT molecular complexity index is 1560. The van der Waals surface area contributed by atoms with Gasteiger partial charge >= 0.3 is 6.09 Å². The largest absolute Gasteiger partial charge is 0.491 e.